The molecule has 0 saturated heterocycles. The molecule has 0 fully saturated rings. The van der Waals surface area contributed by atoms with Crippen LogP contribution in [-0.4, -0.2) is 144 Å². The van der Waals surface area contributed by atoms with Crippen LogP contribution in [0.15, 0.2) is 0 Å². The Morgan fingerprint density at radius 3 is 1.17 bits per heavy atom. The van der Waals surface area contributed by atoms with Crippen molar-refractivity contribution in [3.8, 4) is 0 Å². The third-order valence-corrected chi connectivity index (χ3v) is 16.2. The number of thioether (sulfide) groups is 2. The van der Waals surface area contributed by atoms with Crippen LogP contribution in [-0.2, 0) is 74.3 Å². The maximum atomic E-state index is 11.9. The van der Waals surface area contributed by atoms with E-state index in [1.54, 1.807) is 42.7 Å². The van der Waals surface area contributed by atoms with E-state index in [9.17, 15) is 28.8 Å². The number of ether oxygens (including phenoxy) is 4. The third kappa shape index (κ3) is 31.7. The summed E-state index contributed by atoms with van der Waals surface area (Å²) in [7, 11) is 4.25. The highest BCUT2D eigenvalue weighted by atomic mass is 32.2. The van der Waals surface area contributed by atoms with Gasteiger partial charge in [0.2, 0.25) is 0 Å². The van der Waals surface area contributed by atoms with Crippen molar-refractivity contribution >= 4 is 100 Å². The zero-order valence-corrected chi connectivity index (χ0v) is 40.8. The van der Waals surface area contributed by atoms with Gasteiger partial charge in [-0.2, -0.15) is 25.3 Å². The lowest BCUT2D eigenvalue weighted by Crippen LogP contribution is -2.42. The number of rotatable bonds is 35. The van der Waals surface area contributed by atoms with E-state index in [2.05, 4.69) is 25.3 Å². The second-order valence-electron chi connectivity index (χ2n) is 12.3. The molecule has 0 amide bonds. The predicted molar refractivity (Wildman–Crippen MR) is 234 cm³/mol. The number of thiol groups is 2. The standard InChI is InChI=1S/C19H36O8S2Si.C17H32O8S2Si/c1-5-16(14-26-17(20)9-11-28)15-27-18(21)10-12-29-19(22)8-6-7-13-30(23-2,24-3)25-4;1-21-28(22-2,23-3)14-5-4-7-17(20)27-13-9-16(19)25-11-6-10-24-15(18)8-12-26/h16,28H,5-15H2,1-4H3;26H,4-14H2,1-3H3. The first-order valence-corrected chi connectivity index (χ1v) is 26.3. The zero-order chi connectivity index (χ0) is 44.1. The van der Waals surface area contributed by atoms with E-state index >= 15 is 0 Å². The van der Waals surface area contributed by atoms with Gasteiger partial charge in [0.1, 0.15) is 0 Å². The fourth-order valence-electron chi connectivity index (χ4n) is 4.58. The molecule has 340 valence electrons. The van der Waals surface area contributed by atoms with Gasteiger partial charge in [0, 0.05) is 103 Å². The summed E-state index contributed by atoms with van der Waals surface area (Å²) >= 11 is 10.2. The molecule has 0 aromatic rings. The quantitative estimate of drug-likeness (QED) is 0.0262. The Balaban J connectivity index is 0. The fourth-order valence-corrected chi connectivity index (χ4v) is 10.1. The molecule has 0 aliphatic carbocycles. The van der Waals surface area contributed by atoms with E-state index in [0.717, 1.165) is 42.8 Å². The molecule has 58 heavy (non-hydrogen) atoms. The van der Waals surface area contributed by atoms with Gasteiger partial charge in [-0.1, -0.05) is 30.4 Å². The molecule has 1 atom stereocenters. The Morgan fingerprint density at radius 1 is 0.483 bits per heavy atom. The SMILES string of the molecule is CCC(COC(=O)CCS)COC(=O)CCSC(=O)CCCC[Si](OC)(OC)OC.CO[Si](CCCCC(=O)SCCC(=O)OCCCOC(=O)CCS)(OC)OC. The summed E-state index contributed by atoms with van der Waals surface area (Å²) in [6, 6.07) is 1.31. The number of unbranched alkanes of at least 4 members (excludes halogenated alkanes) is 2. The molecule has 0 aliphatic rings. The average Bonchev–Trinajstić information content (AvgIpc) is 3.22. The van der Waals surface area contributed by atoms with Crippen LogP contribution in [0.25, 0.3) is 0 Å². The van der Waals surface area contributed by atoms with E-state index in [-0.39, 0.29) is 92.1 Å². The van der Waals surface area contributed by atoms with Crippen molar-refractivity contribution in [1.82, 2.24) is 0 Å². The molecule has 0 heterocycles. The summed E-state index contributed by atoms with van der Waals surface area (Å²) in [4.78, 5) is 69.7. The normalized spacial score (nSPS) is 11.9. The molecule has 0 aliphatic heterocycles. The summed E-state index contributed by atoms with van der Waals surface area (Å²) in [6.07, 6.45) is 5.87. The van der Waals surface area contributed by atoms with E-state index in [1.807, 2.05) is 6.92 Å². The van der Waals surface area contributed by atoms with Crippen molar-refractivity contribution in [3.05, 3.63) is 0 Å². The molecule has 0 spiro atoms. The number of hydrogen-bond acceptors (Lipinski definition) is 20. The molecule has 0 radical (unpaired) electrons. The molecule has 16 nitrogen and oxygen atoms in total. The van der Waals surface area contributed by atoms with Crippen LogP contribution in [0, 0.1) is 5.92 Å². The van der Waals surface area contributed by atoms with Gasteiger partial charge in [-0.05, 0) is 32.1 Å². The highest BCUT2D eigenvalue weighted by Crippen LogP contribution is 2.20. The van der Waals surface area contributed by atoms with Crippen LogP contribution in [0.2, 0.25) is 12.1 Å². The molecular formula is C36H68O16S4Si2. The third-order valence-electron chi connectivity index (χ3n) is 8.22. The second kappa shape index (κ2) is 38.7. The van der Waals surface area contributed by atoms with Gasteiger partial charge >= 0.3 is 41.5 Å². The summed E-state index contributed by atoms with van der Waals surface area (Å²) in [5.74, 6) is 0.302. The van der Waals surface area contributed by atoms with Gasteiger partial charge in [0.25, 0.3) is 0 Å². The van der Waals surface area contributed by atoms with Gasteiger partial charge in [0.05, 0.1) is 52.1 Å². The monoisotopic (exact) mass is 940 g/mol. The van der Waals surface area contributed by atoms with E-state index in [1.165, 1.54) is 0 Å². The Kier molecular flexibility index (Phi) is 39.3. The Labute approximate surface area is 367 Å². The lowest BCUT2D eigenvalue weighted by Gasteiger charge is -2.24. The van der Waals surface area contributed by atoms with Crippen LogP contribution in [0.3, 0.4) is 0 Å². The van der Waals surface area contributed by atoms with Gasteiger partial charge in [-0.15, -0.1) is 0 Å². The van der Waals surface area contributed by atoms with Crippen LogP contribution in [0.4, 0.5) is 0 Å². The molecule has 0 aromatic carbocycles. The van der Waals surface area contributed by atoms with Crippen molar-refractivity contribution in [3.63, 3.8) is 0 Å². The fraction of sp³-hybridized carbons (Fsp3) is 0.833. The van der Waals surface area contributed by atoms with Crippen molar-refractivity contribution in [1.29, 1.82) is 0 Å². The minimum Gasteiger partial charge on any atom is -0.466 e. The lowest BCUT2D eigenvalue weighted by atomic mass is 10.1. The number of esters is 4. The van der Waals surface area contributed by atoms with Crippen LogP contribution in [0.1, 0.15) is 84.0 Å². The highest BCUT2D eigenvalue weighted by Gasteiger charge is 2.37. The van der Waals surface area contributed by atoms with Gasteiger partial charge in [-0.25, -0.2) is 0 Å². The maximum Gasteiger partial charge on any atom is 0.500 e. The second-order valence-corrected chi connectivity index (χ2v) is 21.7. The van der Waals surface area contributed by atoms with E-state index < -0.39 is 17.6 Å². The molecule has 22 heteroatoms. The molecule has 0 rings (SSSR count). The largest absolute Gasteiger partial charge is 0.500 e. The minimum atomic E-state index is -2.58. The minimum absolute atomic E-state index is 0.0333. The van der Waals surface area contributed by atoms with Crippen molar-refractivity contribution in [2.45, 2.75) is 96.1 Å². The zero-order valence-electron chi connectivity index (χ0n) is 35.4. The summed E-state index contributed by atoms with van der Waals surface area (Å²) in [6.45, 7) is 2.77. The molecule has 1 unspecified atom stereocenters. The summed E-state index contributed by atoms with van der Waals surface area (Å²) in [5, 5.41) is 0.0910. The Hall–Kier alpha value is -1.19. The van der Waals surface area contributed by atoms with E-state index in [0.29, 0.717) is 67.2 Å². The first-order valence-electron chi connectivity index (χ1n) is 19.2. The topological polar surface area (TPSA) is 195 Å². The Morgan fingerprint density at radius 2 is 0.828 bits per heavy atom. The molecule has 0 saturated carbocycles. The first kappa shape index (κ1) is 58.9. The number of carbonyl (C=O) groups is 6. The van der Waals surface area contributed by atoms with Crippen molar-refractivity contribution in [2.24, 2.45) is 5.92 Å². The molecule has 0 bridgehead atoms. The number of carbonyl (C=O) groups excluding carboxylic acids is 6. The average molecular weight is 941 g/mol. The predicted octanol–water partition coefficient (Wildman–Crippen LogP) is 5.60. The summed E-state index contributed by atoms with van der Waals surface area (Å²) in [5.41, 5.74) is 0. The van der Waals surface area contributed by atoms with Crippen LogP contribution in [0.5, 0.6) is 0 Å². The smallest absolute Gasteiger partial charge is 0.466 e. The van der Waals surface area contributed by atoms with Crippen molar-refractivity contribution in [2.75, 3.05) is 92.1 Å². The van der Waals surface area contributed by atoms with Gasteiger partial charge in [-0.3, -0.25) is 28.8 Å². The number of hydrogen-bond donors (Lipinski definition) is 2. The Bertz CT molecular complexity index is 1120. The lowest BCUT2D eigenvalue weighted by molar-refractivity contribution is -0.149. The molecule has 0 N–H and O–H groups in total. The maximum absolute atomic E-state index is 11.9. The van der Waals surface area contributed by atoms with E-state index in [4.69, 9.17) is 45.5 Å². The van der Waals surface area contributed by atoms with Crippen molar-refractivity contribution < 1.29 is 74.3 Å². The van der Waals surface area contributed by atoms with Crippen LogP contribution >= 0.6 is 48.8 Å². The summed E-state index contributed by atoms with van der Waals surface area (Å²) < 4.78 is 52.3. The van der Waals surface area contributed by atoms with Crippen LogP contribution < -0.4 is 0 Å². The first-order chi connectivity index (χ1) is 27.8. The highest BCUT2D eigenvalue weighted by molar-refractivity contribution is 8.13. The molecule has 0 aromatic heterocycles. The van der Waals surface area contributed by atoms with Gasteiger partial charge in [0.15, 0.2) is 10.2 Å². The van der Waals surface area contributed by atoms with Gasteiger partial charge < -0.3 is 45.5 Å². The molecular weight excluding hydrogens is 873 g/mol.